The molecule has 2 amide bonds. The van der Waals surface area contributed by atoms with Crippen molar-refractivity contribution in [2.24, 2.45) is 0 Å². The molecule has 0 unspecified atom stereocenters. The molecule has 194 valence electrons. The van der Waals surface area contributed by atoms with E-state index in [1.54, 1.807) is 0 Å². The Labute approximate surface area is 214 Å². The maximum atomic E-state index is 13.3. The van der Waals surface area contributed by atoms with E-state index in [-0.39, 0.29) is 21.2 Å². The third-order valence-electron chi connectivity index (χ3n) is 5.21. The zero-order chi connectivity index (χ0) is 26.9. The van der Waals surface area contributed by atoms with Crippen molar-refractivity contribution in [1.29, 1.82) is 0 Å². The lowest BCUT2D eigenvalue weighted by atomic mass is 9.94. The van der Waals surface area contributed by atoms with Crippen LogP contribution < -0.4 is 0 Å². The van der Waals surface area contributed by atoms with Gasteiger partial charge in [-0.15, -0.1) is 0 Å². The number of halogens is 2. The number of carbonyl (C=O) groups excluding carboxylic acids is 6. The molecular formula is C22H21Cl2NO11. The molecule has 0 spiro atoms. The fourth-order valence-corrected chi connectivity index (χ4v) is 4.27. The van der Waals surface area contributed by atoms with Crippen LogP contribution in [0.1, 0.15) is 48.4 Å². The second-order valence-electron chi connectivity index (χ2n) is 7.89. The fourth-order valence-electron chi connectivity index (χ4n) is 3.94. The van der Waals surface area contributed by atoms with Gasteiger partial charge in [-0.3, -0.25) is 33.7 Å². The van der Waals surface area contributed by atoms with Crippen molar-refractivity contribution >= 4 is 58.9 Å². The minimum absolute atomic E-state index is 0.00520. The predicted octanol–water partition coefficient (Wildman–Crippen LogP) is 1.67. The van der Waals surface area contributed by atoms with Crippen LogP contribution in [0.4, 0.5) is 0 Å². The van der Waals surface area contributed by atoms with Gasteiger partial charge in [-0.25, -0.2) is 0 Å². The minimum atomic E-state index is -1.70. The van der Waals surface area contributed by atoms with Crippen molar-refractivity contribution in [3.05, 3.63) is 33.3 Å². The van der Waals surface area contributed by atoms with Crippen LogP contribution in [0.2, 0.25) is 10.0 Å². The standard InChI is InChI=1S/C22H21Cl2NO11/c1-8(26)32-7-16-18(33-9(2)27)19(34-10(3)28)17(22(36-16)35-11(4)29)25-20(30)12-5-14(23)15(24)6-13(12)21(25)31/h5-6,16-19,22H,7H2,1-4H3/t16-,17-,18-,19-,22-/m1/s1. The number of carbonyl (C=O) groups is 6. The molecule has 0 N–H and O–H groups in total. The first-order chi connectivity index (χ1) is 16.8. The lowest BCUT2D eigenvalue weighted by Gasteiger charge is -2.46. The zero-order valence-electron chi connectivity index (χ0n) is 19.4. The van der Waals surface area contributed by atoms with E-state index in [0.29, 0.717) is 4.90 Å². The molecule has 2 aliphatic rings. The molecule has 1 aromatic rings. The molecule has 0 aliphatic carbocycles. The Morgan fingerprint density at radius 3 is 1.72 bits per heavy atom. The highest BCUT2D eigenvalue weighted by atomic mass is 35.5. The van der Waals surface area contributed by atoms with Gasteiger partial charge in [-0.1, -0.05) is 23.2 Å². The second-order valence-corrected chi connectivity index (χ2v) is 8.70. The van der Waals surface area contributed by atoms with Gasteiger partial charge in [0.2, 0.25) is 6.29 Å². The summed E-state index contributed by atoms with van der Waals surface area (Å²) in [6.45, 7) is 3.77. The maximum Gasteiger partial charge on any atom is 0.305 e. The van der Waals surface area contributed by atoms with Gasteiger partial charge in [-0.2, -0.15) is 0 Å². The van der Waals surface area contributed by atoms with Gasteiger partial charge in [0.05, 0.1) is 21.2 Å². The van der Waals surface area contributed by atoms with E-state index >= 15 is 0 Å². The van der Waals surface area contributed by atoms with Gasteiger partial charge in [0.1, 0.15) is 18.8 Å². The number of fused-ring (bicyclic) bond motifs is 1. The maximum absolute atomic E-state index is 13.3. The summed E-state index contributed by atoms with van der Waals surface area (Å²) < 4.78 is 26.7. The number of rotatable bonds is 6. The Kier molecular flexibility index (Phi) is 8.22. The highest BCUT2D eigenvalue weighted by Gasteiger charge is 2.58. The van der Waals surface area contributed by atoms with Crippen molar-refractivity contribution in [3.8, 4) is 0 Å². The molecule has 5 atom stereocenters. The minimum Gasteiger partial charge on any atom is -0.463 e. The Balaban J connectivity index is 2.14. The summed E-state index contributed by atoms with van der Waals surface area (Å²) in [6, 6.07) is 0.774. The second kappa shape index (κ2) is 10.8. The van der Waals surface area contributed by atoms with Gasteiger partial charge >= 0.3 is 23.9 Å². The van der Waals surface area contributed by atoms with Crippen molar-refractivity contribution in [3.63, 3.8) is 0 Å². The van der Waals surface area contributed by atoms with E-state index in [9.17, 15) is 28.8 Å². The predicted molar refractivity (Wildman–Crippen MR) is 119 cm³/mol. The quantitative estimate of drug-likeness (QED) is 0.291. The highest BCUT2D eigenvalue weighted by molar-refractivity contribution is 6.43. The Morgan fingerprint density at radius 2 is 1.28 bits per heavy atom. The monoisotopic (exact) mass is 545 g/mol. The fraction of sp³-hybridized carbons (Fsp3) is 0.455. The molecule has 0 saturated carbocycles. The number of ether oxygens (including phenoxy) is 5. The number of hydrogen-bond acceptors (Lipinski definition) is 11. The lowest BCUT2D eigenvalue weighted by molar-refractivity contribution is -0.278. The molecule has 0 bridgehead atoms. The van der Waals surface area contributed by atoms with Crippen molar-refractivity contribution in [2.75, 3.05) is 6.61 Å². The van der Waals surface area contributed by atoms with Crippen LogP contribution in [-0.2, 0) is 42.9 Å². The zero-order valence-corrected chi connectivity index (χ0v) is 21.0. The number of imide groups is 1. The summed E-state index contributed by atoms with van der Waals surface area (Å²) in [5.74, 6) is -5.04. The van der Waals surface area contributed by atoms with Crippen molar-refractivity contribution in [1.82, 2.24) is 4.90 Å². The summed E-state index contributed by atoms with van der Waals surface area (Å²) >= 11 is 12.0. The number of benzene rings is 1. The molecule has 1 fully saturated rings. The van der Waals surface area contributed by atoms with Crippen molar-refractivity contribution in [2.45, 2.75) is 58.3 Å². The average Bonchev–Trinajstić information content (AvgIpc) is 2.98. The normalized spacial score (nSPS) is 25.2. The third-order valence-corrected chi connectivity index (χ3v) is 5.93. The van der Waals surface area contributed by atoms with Crippen LogP contribution in [0, 0.1) is 0 Å². The van der Waals surface area contributed by atoms with Gasteiger partial charge in [0, 0.05) is 27.7 Å². The van der Waals surface area contributed by atoms with Gasteiger partial charge in [-0.05, 0) is 12.1 Å². The topological polar surface area (TPSA) is 152 Å². The molecule has 14 heteroatoms. The van der Waals surface area contributed by atoms with Crippen molar-refractivity contribution < 1.29 is 52.5 Å². The number of amides is 2. The van der Waals surface area contributed by atoms with E-state index in [4.69, 9.17) is 46.9 Å². The molecule has 36 heavy (non-hydrogen) atoms. The van der Waals surface area contributed by atoms with Crippen LogP contribution in [0.15, 0.2) is 12.1 Å². The molecule has 3 rings (SSSR count). The van der Waals surface area contributed by atoms with E-state index < -0.39 is 72.9 Å². The molecular weight excluding hydrogens is 525 g/mol. The first kappa shape index (κ1) is 27.4. The summed E-state index contributed by atoms with van der Waals surface area (Å²) in [4.78, 5) is 74.6. The Hall–Kier alpha value is -3.22. The first-order valence-electron chi connectivity index (χ1n) is 10.5. The molecule has 2 aliphatic heterocycles. The highest BCUT2D eigenvalue weighted by Crippen LogP contribution is 2.37. The van der Waals surface area contributed by atoms with Crippen LogP contribution in [0.5, 0.6) is 0 Å². The van der Waals surface area contributed by atoms with Crippen LogP contribution in [-0.4, -0.2) is 77.8 Å². The summed E-state index contributed by atoms with van der Waals surface area (Å²) in [7, 11) is 0. The molecule has 1 saturated heterocycles. The molecule has 2 heterocycles. The molecule has 0 radical (unpaired) electrons. The van der Waals surface area contributed by atoms with E-state index in [2.05, 4.69) is 0 Å². The smallest absolute Gasteiger partial charge is 0.305 e. The van der Waals surface area contributed by atoms with Gasteiger partial charge in [0.15, 0.2) is 12.2 Å². The molecule has 0 aromatic heterocycles. The Bertz CT molecular complexity index is 1100. The summed E-state index contributed by atoms with van der Waals surface area (Å²) in [6.07, 6.45) is -6.06. The average molecular weight is 546 g/mol. The number of nitrogens with zero attached hydrogens (tertiary/aromatic N) is 1. The summed E-state index contributed by atoms with van der Waals surface area (Å²) in [5.41, 5.74) is -0.216. The summed E-state index contributed by atoms with van der Waals surface area (Å²) in [5, 5.41) is 0.0104. The lowest BCUT2D eigenvalue weighted by Crippen LogP contribution is -2.67. The molecule has 12 nitrogen and oxygen atoms in total. The number of esters is 4. The first-order valence-corrected chi connectivity index (χ1v) is 11.2. The largest absolute Gasteiger partial charge is 0.463 e. The van der Waals surface area contributed by atoms with Gasteiger partial charge in [0.25, 0.3) is 11.8 Å². The van der Waals surface area contributed by atoms with E-state index in [1.807, 2.05) is 0 Å². The third kappa shape index (κ3) is 5.61. The Morgan fingerprint density at radius 1 is 0.806 bits per heavy atom. The van der Waals surface area contributed by atoms with Crippen LogP contribution in [0.3, 0.4) is 0 Å². The van der Waals surface area contributed by atoms with Crippen LogP contribution in [0.25, 0.3) is 0 Å². The number of hydrogen-bond donors (Lipinski definition) is 0. The van der Waals surface area contributed by atoms with Crippen LogP contribution >= 0.6 is 23.2 Å². The molecule has 1 aromatic carbocycles. The van der Waals surface area contributed by atoms with E-state index in [0.717, 1.165) is 27.7 Å². The van der Waals surface area contributed by atoms with Gasteiger partial charge < -0.3 is 23.7 Å². The van der Waals surface area contributed by atoms with E-state index in [1.165, 1.54) is 12.1 Å². The SMILES string of the molecule is CC(=O)OC[C@H]1O[C@@H](OC(C)=O)[C@H](N2C(=O)c3cc(Cl)c(Cl)cc3C2=O)[C@@H](OC(C)=O)[C@@H]1OC(C)=O.